The Morgan fingerprint density at radius 2 is 2.21 bits per heavy atom. The van der Waals surface area contributed by atoms with Crippen molar-refractivity contribution in [1.29, 1.82) is 0 Å². The van der Waals surface area contributed by atoms with Gasteiger partial charge in [-0.25, -0.2) is 0 Å². The van der Waals surface area contributed by atoms with Gasteiger partial charge in [-0.2, -0.15) is 0 Å². The van der Waals surface area contributed by atoms with Crippen LogP contribution in [0, 0.1) is 0 Å². The van der Waals surface area contributed by atoms with Gasteiger partial charge in [0.2, 0.25) is 0 Å². The molecule has 0 spiro atoms. The zero-order valence-corrected chi connectivity index (χ0v) is 9.05. The number of amidine groups is 1. The molecule has 1 N–H and O–H groups in total. The fourth-order valence-corrected chi connectivity index (χ4v) is 2.41. The average Bonchev–Trinajstić information content (AvgIpc) is 2.67. The Morgan fingerprint density at radius 3 is 2.86 bits per heavy atom. The topological polar surface area (TPSA) is 24.4 Å². The maximum absolute atomic E-state index is 4.57. The molecule has 0 aliphatic carbocycles. The lowest BCUT2D eigenvalue weighted by Crippen LogP contribution is -2.04. The van der Waals surface area contributed by atoms with Crippen molar-refractivity contribution in [1.82, 2.24) is 0 Å². The van der Waals surface area contributed by atoms with Crippen LogP contribution in [0.15, 0.2) is 35.3 Å². The molecular weight excluding hydrogens is 192 g/mol. The first kappa shape index (κ1) is 9.59. The van der Waals surface area contributed by atoms with Crippen LogP contribution in [0.4, 0.5) is 5.69 Å². The molecule has 14 heavy (non-hydrogen) atoms. The van der Waals surface area contributed by atoms with Gasteiger partial charge in [0.25, 0.3) is 0 Å². The Kier molecular flexibility index (Phi) is 3.09. The zero-order valence-electron chi connectivity index (χ0n) is 8.23. The number of aliphatic imine (C=N–C) groups is 1. The number of nitrogens with zero attached hydrogens (tertiary/aromatic N) is 1. The number of para-hydroxylation sites is 1. The minimum atomic E-state index is 0.506. The Bertz CT molecular complexity index is 321. The van der Waals surface area contributed by atoms with Crippen LogP contribution in [0.25, 0.3) is 0 Å². The number of thioether (sulfide) groups is 1. The molecule has 0 saturated heterocycles. The fourth-order valence-electron chi connectivity index (χ4n) is 1.34. The summed E-state index contributed by atoms with van der Waals surface area (Å²) in [5, 5.41) is 4.38. The number of rotatable bonds is 2. The summed E-state index contributed by atoms with van der Waals surface area (Å²) in [7, 11) is 0. The Morgan fingerprint density at radius 1 is 1.43 bits per heavy atom. The van der Waals surface area contributed by atoms with Crippen LogP contribution >= 0.6 is 11.8 Å². The second kappa shape index (κ2) is 4.51. The van der Waals surface area contributed by atoms with Crippen molar-refractivity contribution in [2.45, 2.75) is 19.4 Å². The molecule has 0 saturated carbocycles. The molecule has 1 aromatic rings. The quantitative estimate of drug-likeness (QED) is 0.804. The second-order valence-corrected chi connectivity index (χ2v) is 4.31. The van der Waals surface area contributed by atoms with Crippen molar-refractivity contribution in [2.75, 3.05) is 11.1 Å². The van der Waals surface area contributed by atoms with Crippen LogP contribution < -0.4 is 5.32 Å². The Labute approximate surface area is 88.8 Å². The number of hydrogen-bond donors (Lipinski definition) is 1. The summed E-state index contributed by atoms with van der Waals surface area (Å²) < 4.78 is 0. The average molecular weight is 206 g/mol. The third-order valence-electron chi connectivity index (χ3n) is 2.21. The van der Waals surface area contributed by atoms with Crippen molar-refractivity contribution >= 4 is 22.6 Å². The summed E-state index contributed by atoms with van der Waals surface area (Å²) in [5.74, 6) is 1.12. The van der Waals surface area contributed by atoms with Crippen LogP contribution in [0.1, 0.15) is 13.3 Å². The van der Waals surface area contributed by atoms with Crippen molar-refractivity contribution in [3.8, 4) is 0 Å². The third-order valence-corrected chi connectivity index (χ3v) is 3.24. The highest BCUT2D eigenvalue weighted by Gasteiger charge is 2.15. The minimum Gasteiger partial charge on any atom is -0.335 e. The van der Waals surface area contributed by atoms with Crippen LogP contribution in [0.5, 0.6) is 0 Å². The Hall–Kier alpha value is -0.960. The molecule has 74 valence electrons. The standard InChI is InChI=1S/C11H14N2S/c1-2-9-8-14-11(12-9)13-10-6-4-3-5-7-10/h3-7,9H,2,8H2,1H3,(H,12,13)/t9-/m0/s1. The van der Waals surface area contributed by atoms with Crippen molar-refractivity contribution in [2.24, 2.45) is 4.99 Å². The maximum atomic E-state index is 4.57. The highest BCUT2D eigenvalue weighted by Crippen LogP contribution is 2.21. The highest BCUT2D eigenvalue weighted by atomic mass is 32.2. The van der Waals surface area contributed by atoms with E-state index in [9.17, 15) is 0 Å². The monoisotopic (exact) mass is 206 g/mol. The van der Waals surface area contributed by atoms with Crippen LogP contribution in [0.2, 0.25) is 0 Å². The van der Waals surface area contributed by atoms with Gasteiger partial charge in [0.1, 0.15) is 0 Å². The van der Waals surface area contributed by atoms with Gasteiger partial charge in [0.05, 0.1) is 6.04 Å². The Balaban J connectivity index is 1.99. The van der Waals surface area contributed by atoms with Gasteiger partial charge in [0, 0.05) is 11.4 Å². The molecule has 1 atom stereocenters. The van der Waals surface area contributed by atoms with Gasteiger partial charge in [0.15, 0.2) is 5.17 Å². The van der Waals surface area contributed by atoms with Gasteiger partial charge in [-0.3, -0.25) is 4.99 Å². The van der Waals surface area contributed by atoms with Crippen LogP contribution in [-0.2, 0) is 0 Å². The first-order valence-corrected chi connectivity index (χ1v) is 5.89. The molecule has 3 heteroatoms. The number of anilines is 1. The van der Waals surface area contributed by atoms with Gasteiger partial charge in [-0.05, 0) is 18.6 Å². The van der Waals surface area contributed by atoms with Gasteiger partial charge < -0.3 is 5.32 Å². The molecule has 2 rings (SSSR count). The fraction of sp³-hybridized carbons (Fsp3) is 0.364. The van der Waals surface area contributed by atoms with E-state index in [0.717, 1.165) is 23.0 Å². The molecule has 0 radical (unpaired) electrons. The molecule has 0 aromatic heterocycles. The van der Waals surface area contributed by atoms with Crippen molar-refractivity contribution in [3.05, 3.63) is 30.3 Å². The van der Waals surface area contributed by atoms with Crippen LogP contribution in [-0.4, -0.2) is 17.0 Å². The van der Waals surface area contributed by atoms with E-state index in [1.807, 2.05) is 30.0 Å². The van der Waals surface area contributed by atoms with E-state index in [0.29, 0.717) is 6.04 Å². The normalized spacial score (nSPS) is 20.6. The van der Waals surface area contributed by atoms with Crippen molar-refractivity contribution < 1.29 is 0 Å². The molecule has 1 aliphatic rings. The molecule has 1 heterocycles. The van der Waals surface area contributed by atoms with Gasteiger partial charge >= 0.3 is 0 Å². The minimum absolute atomic E-state index is 0.506. The summed E-state index contributed by atoms with van der Waals surface area (Å²) in [6, 6.07) is 10.7. The summed E-state index contributed by atoms with van der Waals surface area (Å²) >= 11 is 1.81. The van der Waals surface area contributed by atoms with E-state index < -0.39 is 0 Å². The first-order valence-electron chi connectivity index (χ1n) is 4.91. The van der Waals surface area contributed by atoms with Crippen molar-refractivity contribution in [3.63, 3.8) is 0 Å². The predicted octanol–water partition coefficient (Wildman–Crippen LogP) is 2.98. The molecule has 0 bridgehead atoms. The second-order valence-electron chi connectivity index (χ2n) is 3.30. The molecular formula is C11H14N2S. The van der Waals surface area contributed by atoms with E-state index in [2.05, 4.69) is 29.4 Å². The molecule has 1 aromatic carbocycles. The number of benzene rings is 1. The van der Waals surface area contributed by atoms with E-state index in [-0.39, 0.29) is 0 Å². The lowest BCUT2D eigenvalue weighted by atomic mass is 10.3. The van der Waals surface area contributed by atoms with E-state index in [4.69, 9.17) is 0 Å². The molecule has 0 unspecified atom stereocenters. The summed E-state index contributed by atoms with van der Waals surface area (Å²) in [6.45, 7) is 2.18. The molecule has 1 aliphatic heterocycles. The van der Waals surface area contributed by atoms with Crippen LogP contribution in [0.3, 0.4) is 0 Å². The summed E-state index contributed by atoms with van der Waals surface area (Å²) in [6.07, 6.45) is 1.13. The first-order chi connectivity index (χ1) is 6.88. The number of nitrogens with one attached hydrogen (secondary N) is 1. The smallest absolute Gasteiger partial charge is 0.161 e. The summed E-state index contributed by atoms with van der Waals surface area (Å²) in [4.78, 5) is 4.57. The predicted molar refractivity (Wildman–Crippen MR) is 64.0 cm³/mol. The third kappa shape index (κ3) is 2.29. The summed E-state index contributed by atoms with van der Waals surface area (Å²) in [5.41, 5.74) is 1.12. The zero-order chi connectivity index (χ0) is 9.80. The SMILES string of the molecule is CC[C@H]1CSC(Nc2ccccc2)=N1. The van der Waals surface area contributed by atoms with Gasteiger partial charge in [-0.15, -0.1) is 0 Å². The number of hydrogen-bond acceptors (Lipinski definition) is 3. The maximum Gasteiger partial charge on any atom is 0.161 e. The lowest BCUT2D eigenvalue weighted by molar-refractivity contribution is 0.738. The highest BCUT2D eigenvalue weighted by molar-refractivity contribution is 8.14. The van der Waals surface area contributed by atoms with E-state index in [1.54, 1.807) is 0 Å². The van der Waals surface area contributed by atoms with E-state index >= 15 is 0 Å². The molecule has 0 amide bonds. The van der Waals surface area contributed by atoms with Gasteiger partial charge in [-0.1, -0.05) is 36.9 Å². The molecule has 0 fully saturated rings. The largest absolute Gasteiger partial charge is 0.335 e. The molecule has 2 nitrogen and oxygen atoms in total. The lowest BCUT2D eigenvalue weighted by Gasteiger charge is -2.03. The van der Waals surface area contributed by atoms with E-state index in [1.165, 1.54) is 0 Å².